The Balaban J connectivity index is 2.39. The van der Waals surface area contributed by atoms with E-state index in [1.54, 1.807) is 6.07 Å². The Morgan fingerprint density at radius 3 is 2.82 bits per heavy atom. The van der Waals surface area contributed by atoms with Gasteiger partial charge < -0.3 is 4.74 Å². The first-order valence-electron chi connectivity index (χ1n) is 3.34. The van der Waals surface area contributed by atoms with Crippen LogP contribution in [0.3, 0.4) is 0 Å². The molecule has 0 radical (unpaired) electrons. The first-order chi connectivity index (χ1) is 5.27. The maximum absolute atomic E-state index is 12.6. The molecule has 2 rings (SSSR count). The smallest absolute Gasteiger partial charge is 0.124 e. The van der Waals surface area contributed by atoms with E-state index in [0.29, 0.717) is 0 Å². The van der Waals surface area contributed by atoms with Crippen molar-refractivity contribution in [3.8, 4) is 0 Å². The molecule has 1 aromatic rings. The van der Waals surface area contributed by atoms with Crippen molar-refractivity contribution >= 4 is 15.9 Å². The Morgan fingerprint density at radius 1 is 1.55 bits per heavy atom. The van der Waals surface area contributed by atoms with E-state index in [1.807, 2.05) is 0 Å². The molecule has 0 aromatic heterocycles. The van der Waals surface area contributed by atoms with Crippen molar-refractivity contribution < 1.29 is 9.13 Å². The van der Waals surface area contributed by atoms with Crippen molar-refractivity contribution in [3.63, 3.8) is 0 Å². The summed E-state index contributed by atoms with van der Waals surface area (Å²) in [7, 11) is 0. The zero-order valence-electron chi connectivity index (χ0n) is 5.68. The third kappa shape index (κ3) is 1.44. The van der Waals surface area contributed by atoms with Crippen LogP contribution in [0.4, 0.5) is 4.39 Å². The highest BCUT2D eigenvalue weighted by molar-refractivity contribution is 9.10. The normalized spacial score (nSPS) is 21.8. The molecule has 0 saturated carbocycles. The minimum Gasteiger partial charge on any atom is -0.368 e. The van der Waals surface area contributed by atoms with Gasteiger partial charge in [-0.15, -0.1) is 0 Å². The molecule has 1 aromatic carbocycles. The third-order valence-corrected chi connectivity index (χ3v) is 2.33. The summed E-state index contributed by atoms with van der Waals surface area (Å²) >= 11 is 3.27. The molecule has 1 saturated heterocycles. The lowest BCUT2D eigenvalue weighted by atomic mass is 10.2. The summed E-state index contributed by atoms with van der Waals surface area (Å²) in [5.74, 6) is -0.221. The van der Waals surface area contributed by atoms with E-state index in [1.165, 1.54) is 12.1 Å². The van der Waals surface area contributed by atoms with Gasteiger partial charge in [0.05, 0.1) is 6.61 Å². The molecule has 0 amide bonds. The Hall–Kier alpha value is -0.410. The SMILES string of the molecule is Fc1ccc([C@H]2CO2)c(Br)c1. The zero-order chi connectivity index (χ0) is 7.84. The summed E-state index contributed by atoms with van der Waals surface area (Å²) in [6.07, 6.45) is 0.185. The van der Waals surface area contributed by atoms with Crippen LogP contribution in [0.25, 0.3) is 0 Å². The molecular weight excluding hydrogens is 211 g/mol. The van der Waals surface area contributed by atoms with Gasteiger partial charge in [-0.2, -0.15) is 0 Å². The van der Waals surface area contributed by atoms with Crippen molar-refractivity contribution in [1.29, 1.82) is 0 Å². The van der Waals surface area contributed by atoms with Crippen molar-refractivity contribution in [3.05, 3.63) is 34.1 Å². The summed E-state index contributed by atoms with van der Waals surface area (Å²) in [5, 5.41) is 0. The fourth-order valence-corrected chi connectivity index (χ4v) is 1.60. The summed E-state index contributed by atoms with van der Waals surface area (Å²) in [5.41, 5.74) is 1.03. The Morgan fingerprint density at radius 2 is 2.27 bits per heavy atom. The predicted octanol–water partition coefficient (Wildman–Crippen LogP) is 2.66. The largest absolute Gasteiger partial charge is 0.368 e. The molecule has 1 heterocycles. The number of benzene rings is 1. The van der Waals surface area contributed by atoms with Crippen molar-refractivity contribution in [2.45, 2.75) is 6.10 Å². The molecule has 3 heteroatoms. The van der Waals surface area contributed by atoms with Crippen LogP contribution in [0.2, 0.25) is 0 Å². The number of hydrogen-bond donors (Lipinski definition) is 0. The molecule has 0 bridgehead atoms. The van der Waals surface area contributed by atoms with E-state index in [0.717, 1.165) is 16.6 Å². The van der Waals surface area contributed by atoms with E-state index in [2.05, 4.69) is 15.9 Å². The van der Waals surface area contributed by atoms with Gasteiger partial charge in [-0.05, 0) is 17.7 Å². The Labute approximate surface area is 72.3 Å². The highest BCUT2D eigenvalue weighted by atomic mass is 79.9. The topological polar surface area (TPSA) is 12.5 Å². The lowest BCUT2D eigenvalue weighted by Gasteiger charge is -1.98. The minimum atomic E-state index is -0.221. The highest BCUT2D eigenvalue weighted by Gasteiger charge is 2.26. The van der Waals surface area contributed by atoms with Crippen LogP contribution in [0, 0.1) is 5.82 Å². The van der Waals surface area contributed by atoms with Crippen LogP contribution >= 0.6 is 15.9 Å². The number of ether oxygens (including phenoxy) is 1. The van der Waals surface area contributed by atoms with Crippen molar-refractivity contribution in [1.82, 2.24) is 0 Å². The van der Waals surface area contributed by atoms with E-state index >= 15 is 0 Å². The Kier molecular flexibility index (Phi) is 1.69. The van der Waals surface area contributed by atoms with Crippen molar-refractivity contribution in [2.75, 3.05) is 6.61 Å². The third-order valence-electron chi connectivity index (χ3n) is 1.64. The minimum absolute atomic E-state index is 0.185. The van der Waals surface area contributed by atoms with E-state index < -0.39 is 0 Å². The highest BCUT2D eigenvalue weighted by Crippen LogP contribution is 2.34. The molecule has 1 atom stereocenters. The summed E-state index contributed by atoms with van der Waals surface area (Å²) < 4.78 is 18.4. The second-order valence-electron chi connectivity index (χ2n) is 2.49. The van der Waals surface area contributed by atoms with Gasteiger partial charge in [0.15, 0.2) is 0 Å². The fraction of sp³-hybridized carbons (Fsp3) is 0.250. The molecule has 1 nitrogen and oxygen atoms in total. The number of hydrogen-bond acceptors (Lipinski definition) is 1. The molecule has 1 fully saturated rings. The average Bonchev–Trinajstić information content (AvgIpc) is 2.70. The molecule has 1 aliphatic rings. The van der Waals surface area contributed by atoms with Crippen LogP contribution in [0.15, 0.2) is 22.7 Å². The lowest BCUT2D eigenvalue weighted by Crippen LogP contribution is -1.83. The first-order valence-corrected chi connectivity index (χ1v) is 4.13. The van der Waals surface area contributed by atoms with Crippen LogP contribution in [-0.2, 0) is 4.74 Å². The van der Waals surface area contributed by atoms with Crippen molar-refractivity contribution in [2.24, 2.45) is 0 Å². The zero-order valence-corrected chi connectivity index (χ0v) is 7.27. The monoisotopic (exact) mass is 216 g/mol. The van der Waals surface area contributed by atoms with Gasteiger partial charge in [-0.25, -0.2) is 4.39 Å². The summed E-state index contributed by atoms with van der Waals surface area (Å²) in [6.45, 7) is 0.754. The second kappa shape index (κ2) is 2.57. The molecular formula is C8H6BrFO. The fourth-order valence-electron chi connectivity index (χ4n) is 0.990. The van der Waals surface area contributed by atoms with Crippen LogP contribution < -0.4 is 0 Å². The van der Waals surface area contributed by atoms with E-state index in [4.69, 9.17) is 4.74 Å². The predicted molar refractivity (Wildman–Crippen MR) is 42.8 cm³/mol. The van der Waals surface area contributed by atoms with Crippen LogP contribution in [0.1, 0.15) is 11.7 Å². The molecule has 0 aliphatic carbocycles. The number of epoxide rings is 1. The van der Waals surface area contributed by atoms with Crippen LogP contribution in [0.5, 0.6) is 0 Å². The maximum Gasteiger partial charge on any atom is 0.124 e. The quantitative estimate of drug-likeness (QED) is 0.658. The van der Waals surface area contributed by atoms with Gasteiger partial charge in [-0.3, -0.25) is 0 Å². The average molecular weight is 217 g/mol. The van der Waals surface area contributed by atoms with Gasteiger partial charge in [-0.1, -0.05) is 22.0 Å². The van der Waals surface area contributed by atoms with Gasteiger partial charge >= 0.3 is 0 Å². The first kappa shape index (κ1) is 7.25. The lowest BCUT2D eigenvalue weighted by molar-refractivity contribution is 0.415. The number of halogens is 2. The van der Waals surface area contributed by atoms with Gasteiger partial charge in [0.1, 0.15) is 11.9 Å². The Bertz CT molecular complexity index is 283. The standard InChI is InChI=1S/C8H6BrFO/c9-7-3-5(10)1-2-6(7)8-4-11-8/h1-3,8H,4H2/t8-/m1/s1. The van der Waals surface area contributed by atoms with Gasteiger partial charge in [0.25, 0.3) is 0 Å². The summed E-state index contributed by atoms with van der Waals surface area (Å²) in [6, 6.07) is 4.65. The molecule has 58 valence electrons. The molecule has 0 spiro atoms. The molecule has 11 heavy (non-hydrogen) atoms. The molecule has 0 unspecified atom stereocenters. The van der Waals surface area contributed by atoms with Crippen LogP contribution in [-0.4, -0.2) is 6.61 Å². The second-order valence-corrected chi connectivity index (χ2v) is 3.34. The number of rotatable bonds is 1. The summed E-state index contributed by atoms with van der Waals surface area (Å²) in [4.78, 5) is 0. The van der Waals surface area contributed by atoms with Gasteiger partial charge in [0.2, 0.25) is 0 Å². The van der Waals surface area contributed by atoms with E-state index in [-0.39, 0.29) is 11.9 Å². The van der Waals surface area contributed by atoms with Gasteiger partial charge in [0, 0.05) is 4.47 Å². The maximum atomic E-state index is 12.6. The molecule has 0 N–H and O–H groups in total. The molecule has 1 aliphatic heterocycles. The van der Waals surface area contributed by atoms with E-state index in [9.17, 15) is 4.39 Å².